The topological polar surface area (TPSA) is 47.6 Å². The summed E-state index contributed by atoms with van der Waals surface area (Å²) in [5.74, 6) is 0. The number of amides is 1. The second kappa shape index (κ2) is 15.0. The van der Waals surface area contributed by atoms with E-state index in [1.165, 1.54) is 51.8 Å². The number of nitrogens with one attached hydrogen (secondary N) is 1. The molecule has 0 unspecified atom stereocenters. The summed E-state index contributed by atoms with van der Waals surface area (Å²) < 4.78 is 17.0. The van der Waals surface area contributed by atoms with Crippen LogP contribution in [-0.2, 0) is 9.47 Å². The quantitative estimate of drug-likeness (QED) is 0.222. The molecule has 0 aliphatic rings. The maximum absolute atomic E-state index is 11.6. The minimum atomic E-state index is -2.15. The van der Waals surface area contributed by atoms with Crippen molar-refractivity contribution in [3.05, 3.63) is 0 Å². The third-order valence-corrected chi connectivity index (χ3v) is 19.2. The van der Waals surface area contributed by atoms with E-state index >= 15 is 0 Å². The van der Waals surface area contributed by atoms with E-state index in [-0.39, 0.29) is 6.09 Å². The summed E-state index contributed by atoms with van der Waals surface area (Å²) in [5.41, 5.74) is -0.438. The summed E-state index contributed by atoms with van der Waals surface area (Å²) in [6, 6.07) is 0. The zero-order valence-electron chi connectivity index (χ0n) is 18.4. The zero-order chi connectivity index (χ0) is 19.9. The van der Waals surface area contributed by atoms with Gasteiger partial charge in [-0.2, -0.15) is 0 Å². The molecule has 0 spiro atoms. The van der Waals surface area contributed by atoms with Gasteiger partial charge in [0.25, 0.3) is 0 Å². The number of alkyl carbamates (subject to hydrolysis) is 1. The van der Waals surface area contributed by atoms with Crippen LogP contribution in [0.4, 0.5) is 4.79 Å². The molecule has 0 aromatic heterocycles. The first-order valence-corrected chi connectivity index (χ1v) is 18.9. The van der Waals surface area contributed by atoms with Gasteiger partial charge in [0.05, 0.1) is 0 Å². The molecule has 0 rings (SSSR count). The van der Waals surface area contributed by atoms with Crippen LogP contribution in [0.2, 0.25) is 13.3 Å². The van der Waals surface area contributed by atoms with Gasteiger partial charge in [0.1, 0.15) is 0 Å². The number of unbranched alkanes of at least 4 members (excludes halogenated alkanes) is 3. The number of ether oxygens (including phenoxy) is 2. The molecule has 0 saturated carbocycles. The average molecular weight is 478 g/mol. The average Bonchev–Trinajstić information content (AvgIpc) is 2.57. The summed E-state index contributed by atoms with van der Waals surface area (Å²) in [5, 5.41) is 2.82. The predicted molar refractivity (Wildman–Crippen MR) is 115 cm³/mol. The van der Waals surface area contributed by atoms with E-state index in [1.54, 1.807) is 0 Å². The Labute approximate surface area is 167 Å². The van der Waals surface area contributed by atoms with E-state index in [0.717, 1.165) is 17.7 Å². The first-order valence-electron chi connectivity index (χ1n) is 10.8. The van der Waals surface area contributed by atoms with E-state index < -0.39 is 24.0 Å². The summed E-state index contributed by atoms with van der Waals surface area (Å²) >= 11 is -2.15. The summed E-state index contributed by atoms with van der Waals surface area (Å²) in [7, 11) is 0. The van der Waals surface area contributed by atoms with Crippen LogP contribution in [0.25, 0.3) is 0 Å². The number of carbonyl (C=O) groups is 1. The van der Waals surface area contributed by atoms with Gasteiger partial charge in [-0.05, 0) is 0 Å². The minimum absolute atomic E-state index is 0.333. The fourth-order valence-electron chi connectivity index (χ4n) is 3.21. The Morgan fingerprint density at radius 2 is 1.38 bits per heavy atom. The van der Waals surface area contributed by atoms with Crippen molar-refractivity contribution < 1.29 is 14.3 Å². The Hall–Kier alpha value is 0.0287. The van der Waals surface area contributed by atoms with Gasteiger partial charge in [-0.1, -0.05) is 0 Å². The van der Waals surface area contributed by atoms with Crippen LogP contribution in [0.5, 0.6) is 0 Å². The third kappa shape index (κ3) is 14.1. The first kappa shape index (κ1) is 26.0. The van der Waals surface area contributed by atoms with Crippen molar-refractivity contribution >= 4 is 24.5 Å². The Morgan fingerprint density at radius 1 is 0.885 bits per heavy atom. The molecule has 0 heterocycles. The number of hydrogen-bond donors (Lipinski definition) is 1. The Balaban J connectivity index is 4.26. The Morgan fingerprint density at radius 3 is 1.81 bits per heavy atom. The van der Waals surface area contributed by atoms with Crippen LogP contribution in [0, 0.1) is 0 Å². The standard InChI is InChI=1S/C9H18NO3.3C4H9.Sn/c1-9(2,3)13-8(11)10-6-5-7-12-4;3*1-3-4-2;/h4-7H2,1-3H3,(H,10,11);3*1,3-4H2,2H3;. The van der Waals surface area contributed by atoms with Gasteiger partial charge in [0.15, 0.2) is 0 Å². The molecule has 0 aliphatic carbocycles. The molecule has 0 atom stereocenters. The molecule has 1 N–H and O–H groups in total. The predicted octanol–water partition coefficient (Wildman–Crippen LogP) is 6.31. The van der Waals surface area contributed by atoms with Gasteiger partial charge < -0.3 is 0 Å². The molecular formula is C21H45NO3Sn. The molecule has 4 nitrogen and oxygen atoms in total. The SMILES string of the molecule is CCC[CH2][Sn]([CH2]CCC)([CH2]CCC)[CH2]OCCCNC(=O)OC(C)(C)C. The van der Waals surface area contributed by atoms with Crippen molar-refractivity contribution in [1.29, 1.82) is 0 Å². The van der Waals surface area contributed by atoms with Crippen LogP contribution < -0.4 is 5.32 Å². The molecule has 0 radical (unpaired) electrons. The zero-order valence-corrected chi connectivity index (χ0v) is 21.3. The summed E-state index contributed by atoms with van der Waals surface area (Å²) in [6.45, 7) is 13.9. The molecular weight excluding hydrogens is 433 g/mol. The van der Waals surface area contributed by atoms with Gasteiger partial charge in [0, 0.05) is 0 Å². The Kier molecular flexibility index (Phi) is 15.0. The van der Waals surface area contributed by atoms with Crippen LogP contribution in [0.3, 0.4) is 0 Å². The molecule has 0 aromatic rings. The molecule has 5 heteroatoms. The van der Waals surface area contributed by atoms with Crippen molar-refractivity contribution in [1.82, 2.24) is 5.32 Å². The van der Waals surface area contributed by atoms with Gasteiger partial charge in [-0.3, -0.25) is 0 Å². The number of hydrogen-bond acceptors (Lipinski definition) is 3. The molecule has 0 aromatic carbocycles. The Bertz CT molecular complexity index is 334. The van der Waals surface area contributed by atoms with Gasteiger partial charge in [0.2, 0.25) is 0 Å². The summed E-state index contributed by atoms with van der Waals surface area (Å²) in [4.78, 5) is 11.6. The van der Waals surface area contributed by atoms with Crippen LogP contribution >= 0.6 is 0 Å². The van der Waals surface area contributed by atoms with E-state index in [1.807, 2.05) is 20.8 Å². The van der Waals surface area contributed by atoms with E-state index in [9.17, 15) is 4.79 Å². The van der Waals surface area contributed by atoms with Crippen LogP contribution in [0.1, 0.15) is 86.5 Å². The van der Waals surface area contributed by atoms with Gasteiger partial charge >= 0.3 is 167 Å². The number of rotatable bonds is 15. The fraction of sp³-hybridized carbons (Fsp3) is 0.952. The van der Waals surface area contributed by atoms with E-state index in [4.69, 9.17) is 9.47 Å². The van der Waals surface area contributed by atoms with Crippen molar-refractivity contribution in [3.8, 4) is 0 Å². The maximum atomic E-state index is 11.6. The fourth-order valence-corrected chi connectivity index (χ4v) is 17.7. The molecule has 1 amide bonds. The molecule has 0 fully saturated rings. The second-order valence-electron chi connectivity index (χ2n) is 8.65. The molecule has 0 bridgehead atoms. The monoisotopic (exact) mass is 479 g/mol. The second-order valence-corrected chi connectivity index (χ2v) is 22.3. The van der Waals surface area contributed by atoms with Crippen molar-refractivity contribution in [2.75, 3.05) is 17.8 Å². The van der Waals surface area contributed by atoms with Gasteiger partial charge in [-0.15, -0.1) is 0 Å². The number of carbonyl (C=O) groups excluding carboxylic acids is 1. The van der Waals surface area contributed by atoms with Crippen LogP contribution in [-0.4, -0.2) is 47.8 Å². The van der Waals surface area contributed by atoms with Gasteiger partial charge in [-0.25, -0.2) is 0 Å². The molecule has 0 saturated heterocycles. The van der Waals surface area contributed by atoms with E-state index in [0.29, 0.717) is 6.54 Å². The normalized spacial score (nSPS) is 12.2. The van der Waals surface area contributed by atoms with Crippen molar-refractivity contribution in [2.24, 2.45) is 0 Å². The molecule has 26 heavy (non-hydrogen) atoms. The molecule has 156 valence electrons. The van der Waals surface area contributed by atoms with E-state index in [2.05, 4.69) is 26.1 Å². The van der Waals surface area contributed by atoms with Crippen molar-refractivity contribution in [3.63, 3.8) is 0 Å². The summed E-state index contributed by atoms with van der Waals surface area (Å²) in [6.07, 6.45) is 8.58. The van der Waals surface area contributed by atoms with Crippen LogP contribution in [0.15, 0.2) is 0 Å². The first-order chi connectivity index (χ1) is 12.3. The molecule has 0 aliphatic heterocycles. The van der Waals surface area contributed by atoms with Crippen molar-refractivity contribution in [2.45, 2.75) is 105 Å². The third-order valence-electron chi connectivity index (χ3n) is 4.72.